The molecule has 3 N–H and O–H groups in total. The van der Waals surface area contributed by atoms with Crippen LogP contribution in [0.1, 0.15) is 31.9 Å². The van der Waals surface area contributed by atoms with E-state index in [1.54, 1.807) is 55.0 Å². The number of nitrogens with one attached hydrogen (secondary N) is 2. The Morgan fingerprint density at radius 2 is 1.60 bits per heavy atom. The van der Waals surface area contributed by atoms with Gasteiger partial charge in [0.15, 0.2) is 5.82 Å². The summed E-state index contributed by atoms with van der Waals surface area (Å²) in [5.41, 5.74) is 2.16. The SMILES string of the molecule is CCN(CC)c1ncc(N(CC)C(=O)NCCc2ccccc2)c(N[C@@H](Cc2ccc(OC(=O)n3cccc3)cc2)C(=O)O)n1. The van der Waals surface area contributed by atoms with Crippen molar-refractivity contribution in [3.63, 3.8) is 0 Å². The molecule has 2 amide bonds. The van der Waals surface area contributed by atoms with Gasteiger partial charge in [-0.1, -0.05) is 42.5 Å². The molecule has 0 saturated heterocycles. The van der Waals surface area contributed by atoms with Crippen molar-refractivity contribution in [2.45, 2.75) is 39.7 Å². The minimum absolute atomic E-state index is 0.0978. The molecule has 236 valence electrons. The first-order chi connectivity index (χ1) is 21.8. The van der Waals surface area contributed by atoms with E-state index in [4.69, 9.17) is 4.74 Å². The molecule has 0 unspecified atom stereocenters. The Bertz CT molecular complexity index is 1540. The predicted molar refractivity (Wildman–Crippen MR) is 173 cm³/mol. The highest BCUT2D eigenvalue weighted by molar-refractivity contribution is 5.95. The van der Waals surface area contributed by atoms with Gasteiger partial charge in [0.1, 0.15) is 17.5 Å². The molecule has 1 atom stereocenters. The number of amides is 2. The number of benzene rings is 2. The Kier molecular flexibility index (Phi) is 11.5. The van der Waals surface area contributed by atoms with Crippen LogP contribution in [0.15, 0.2) is 85.3 Å². The number of carbonyl (C=O) groups is 3. The number of hydrogen-bond donors (Lipinski definition) is 3. The summed E-state index contributed by atoms with van der Waals surface area (Å²) in [6, 6.07) is 18.5. The molecule has 0 fully saturated rings. The maximum absolute atomic E-state index is 13.3. The normalized spacial score (nSPS) is 11.4. The van der Waals surface area contributed by atoms with Crippen molar-refractivity contribution >= 4 is 35.5 Å². The molecule has 0 aliphatic rings. The Morgan fingerprint density at radius 3 is 2.22 bits per heavy atom. The number of carboxylic acids is 1. The fourth-order valence-electron chi connectivity index (χ4n) is 4.71. The molecule has 2 aromatic carbocycles. The fraction of sp³-hybridized carbons (Fsp3) is 0.303. The smallest absolute Gasteiger partial charge is 0.423 e. The average Bonchev–Trinajstić information content (AvgIpc) is 3.59. The van der Waals surface area contributed by atoms with E-state index in [-0.39, 0.29) is 18.3 Å². The lowest BCUT2D eigenvalue weighted by Crippen LogP contribution is -2.42. The van der Waals surface area contributed by atoms with Gasteiger partial charge < -0.3 is 25.4 Å². The lowest BCUT2D eigenvalue weighted by molar-refractivity contribution is -0.137. The van der Waals surface area contributed by atoms with Crippen LogP contribution in [0.4, 0.5) is 27.0 Å². The van der Waals surface area contributed by atoms with Gasteiger partial charge in [-0.2, -0.15) is 4.98 Å². The number of anilines is 3. The van der Waals surface area contributed by atoms with Crippen LogP contribution in [0.5, 0.6) is 5.75 Å². The summed E-state index contributed by atoms with van der Waals surface area (Å²) in [5, 5.41) is 16.2. The van der Waals surface area contributed by atoms with Gasteiger partial charge in [0.2, 0.25) is 5.95 Å². The van der Waals surface area contributed by atoms with Crippen LogP contribution < -0.4 is 25.2 Å². The Hall–Kier alpha value is -5.39. The number of carboxylic acid groups (broad SMARTS) is 1. The number of aliphatic carboxylic acids is 1. The molecule has 12 nitrogen and oxygen atoms in total. The maximum Gasteiger partial charge on any atom is 0.423 e. The van der Waals surface area contributed by atoms with E-state index in [0.717, 1.165) is 5.56 Å². The highest BCUT2D eigenvalue weighted by Crippen LogP contribution is 2.27. The molecule has 0 saturated carbocycles. The van der Waals surface area contributed by atoms with Gasteiger partial charge in [0.05, 0.1) is 6.20 Å². The summed E-state index contributed by atoms with van der Waals surface area (Å²) < 4.78 is 6.69. The number of ether oxygens (including phenoxy) is 1. The number of rotatable bonds is 14. The molecule has 2 heterocycles. The molecule has 0 radical (unpaired) electrons. The van der Waals surface area contributed by atoms with Gasteiger partial charge in [0, 0.05) is 45.0 Å². The van der Waals surface area contributed by atoms with Crippen molar-refractivity contribution in [3.8, 4) is 5.75 Å². The van der Waals surface area contributed by atoms with E-state index in [9.17, 15) is 19.5 Å². The van der Waals surface area contributed by atoms with Gasteiger partial charge in [0.25, 0.3) is 0 Å². The van der Waals surface area contributed by atoms with Gasteiger partial charge >= 0.3 is 18.1 Å². The van der Waals surface area contributed by atoms with Crippen LogP contribution >= 0.6 is 0 Å². The van der Waals surface area contributed by atoms with Crippen molar-refractivity contribution < 1.29 is 24.2 Å². The largest absolute Gasteiger partial charge is 0.480 e. The van der Waals surface area contributed by atoms with E-state index in [1.807, 2.05) is 56.0 Å². The van der Waals surface area contributed by atoms with Gasteiger partial charge in [-0.25, -0.2) is 19.4 Å². The summed E-state index contributed by atoms with van der Waals surface area (Å²) >= 11 is 0. The maximum atomic E-state index is 13.3. The van der Waals surface area contributed by atoms with Crippen molar-refractivity contribution in [2.75, 3.05) is 41.3 Å². The van der Waals surface area contributed by atoms with Crippen LogP contribution in [0.2, 0.25) is 0 Å². The van der Waals surface area contributed by atoms with Crippen LogP contribution in [0.3, 0.4) is 0 Å². The number of hydrogen-bond acceptors (Lipinski definition) is 8. The first kappa shape index (κ1) is 32.5. The minimum atomic E-state index is -1.09. The lowest BCUT2D eigenvalue weighted by atomic mass is 10.1. The third-order valence-corrected chi connectivity index (χ3v) is 7.18. The summed E-state index contributed by atoms with van der Waals surface area (Å²) in [4.78, 5) is 50.6. The zero-order valence-electron chi connectivity index (χ0n) is 25.7. The molecule has 0 spiro atoms. The second kappa shape index (κ2) is 15.9. The number of carbonyl (C=O) groups excluding carboxylic acids is 2. The molecular weight excluding hydrogens is 574 g/mol. The van der Waals surface area contributed by atoms with E-state index >= 15 is 0 Å². The summed E-state index contributed by atoms with van der Waals surface area (Å²) in [6.07, 6.45) is 4.93. The minimum Gasteiger partial charge on any atom is -0.480 e. The van der Waals surface area contributed by atoms with Gasteiger partial charge in [-0.05, 0) is 62.6 Å². The first-order valence-electron chi connectivity index (χ1n) is 15.0. The van der Waals surface area contributed by atoms with Crippen molar-refractivity contribution in [2.24, 2.45) is 0 Å². The third-order valence-electron chi connectivity index (χ3n) is 7.18. The Labute approximate surface area is 262 Å². The summed E-state index contributed by atoms with van der Waals surface area (Å²) in [6.45, 7) is 7.82. The van der Waals surface area contributed by atoms with Crippen LogP contribution in [-0.4, -0.2) is 70.0 Å². The second-order valence-electron chi connectivity index (χ2n) is 10.1. The molecule has 4 rings (SSSR count). The molecule has 12 heteroatoms. The zero-order chi connectivity index (χ0) is 32.2. The van der Waals surface area contributed by atoms with Crippen LogP contribution in [0, 0.1) is 0 Å². The fourth-order valence-corrected chi connectivity index (χ4v) is 4.71. The summed E-state index contributed by atoms with van der Waals surface area (Å²) in [7, 11) is 0. The average molecular weight is 614 g/mol. The standard InChI is InChI=1S/C33H39N7O5/c1-4-38(5-2)31-35-23-28(40(6-3)32(43)34-19-18-24-12-8-7-9-13-24)29(37-31)36-27(30(41)42)22-25-14-16-26(17-15-25)45-33(44)39-20-10-11-21-39/h7-17,20-21,23,27H,4-6,18-19,22H2,1-3H3,(H,34,43)(H,41,42)(H,35,36,37)/t27-/m0/s1. The number of nitrogens with zero attached hydrogens (tertiary/aromatic N) is 5. The van der Waals surface area contributed by atoms with Crippen molar-refractivity contribution in [1.29, 1.82) is 0 Å². The number of aromatic nitrogens is 3. The van der Waals surface area contributed by atoms with Crippen molar-refractivity contribution in [1.82, 2.24) is 19.9 Å². The highest BCUT2D eigenvalue weighted by Gasteiger charge is 2.25. The summed E-state index contributed by atoms with van der Waals surface area (Å²) in [5.74, 6) is -0.111. The van der Waals surface area contributed by atoms with Crippen LogP contribution in [0.25, 0.3) is 0 Å². The van der Waals surface area contributed by atoms with E-state index in [1.165, 1.54) is 9.47 Å². The first-order valence-corrected chi connectivity index (χ1v) is 15.0. The molecule has 0 aliphatic heterocycles. The van der Waals surface area contributed by atoms with E-state index in [0.29, 0.717) is 55.5 Å². The Morgan fingerprint density at radius 1 is 0.911 bits per heavy atom. The molecule has 45 heavy (non-hydrogen) atoms. The zero-order valence-corrected chi connectivity index (χ0v) is 25.7. The highest BCUT2D eigenvalue weighted by atomic mass is 16.6. The van der Waals surface area contributed by atoms with Crippen LogP contribution in [-0.2, 0) is 17.6 Å². The molecule has 0 bridgehead atoms. The molecular formula is C33H39N7O5. The molecule has 2 aromatic heterocycles. The Balaban J connectivity index is 1.53. The number of urea groups is 1. The van der Waals surface area contributed by atoms with Crippen molar-refractivity contribution in [3.05, 3.63) is 96.4 Å². The lowest BCUT2D eigenvalue weighted by Gasteiger charge is -2.27. The topological polar surface area (TPSA) is 142 Å². The van der Waals surface area contributed by atoms with Gasteiger partial charge in [-0.3, -0.25) is 9.47 Å². The quantitative estimate of drug-likeness (QED) is 0.178. The molecule has 0 aliphatic carbocycles. The van der Waals surface area contributed by atoms with Gasteiger partial charge in [-0.15, -0.1) is 0 Å². The predicted octanol–water partition coefficient (Wildman–Crippen LogP) is 5.06. The van der Waals surface area contributed by atoms with E-state index < -0.39 is 18.1 Å². The third kappa shape index (κ3) is 8.82. The second-order valence-corrected chi connectivity index (χ2v) is 10.1. The van der Waals surface area contributed by atoms with E-state index in [2.05, 4.69) is 20.6 Å². The molecule has 4 aromatic rings. The monoisotopic (exact) mass is 613 g/mol.